The first-order chi connectivity index (χ1) is 9.36. The maximum Gasteiger partial charge on any atom is 0.0605 e. The summed E-state index contributed by atoms with van der Waals surface area (Å²) in [5, 5.41) is 7.85. The molecule has 0 saturated heterocycles. The van der Waals surface area contributed by atoms with E-state index >= 15 is 0 Å². The number of fused-ring (bicyclic) bond motifs is 1. The molecule has 0 spiro atoms. The molecule has 0 saturated carbocycles. The second kappa shape index (κ2) is 5.34. The van der Waals surface area contributed by atoms with Crippen LogP contribution in [0.1, 0.15) is 18.9 Å². The molecule has 4 heteroatoms. The van der Waals surface area contributed by atoms with Gasteiger partial charge in [0.1, 0.15) is 0 Å². The van der Waals surface area contributed by atoms with E-state index in [0.717, 1.165) is 32.6 Å². The molecule has 19 heavy (non-hydrogen) atoms. The highest BCUT2D eigenvalue weighted by molar-refractivity contribution is 5.70. The zero-order valence-corrected chi connectivity index (χ0v) is 11.3. The Labute approximate surface area is 114 Å². The minimum absolute atomic E-state index is 0.929. The zero-order chi connectivity index (χ0) is 13.1. The summed E-state index contributed by atoms with van der Waals surface area (Å²) in [5.41, 5.74) is 3.81. The first-order valence-corrected chi connectivity index (χ1v) is 6.96. The minimum Gasteiger partial charge on any atom is -0.383 e. The molecule has 1 aliphatic rings. The summed E-state index contributed by atoms with van der Waals surface area (Å²) in [6.45, 7) is 6.10. The van der Waals surface area contributed by atoms with Crippen LogP contribution in [0.4, 0.5) is 11.4 Å². The molecule has 3 rings (SSSR count). The third-order valence-corrected chi connectivity index (χ3v) is 3.55. The number of nitrogens with one attached hydrogen (secondary N) is 1. The van der Waals surface area contributed by atoms with E-state index in [1.54, 1.807) is 0 Å². The summed E-state index contributed by atoms with van der Waals surface area (Å²) in [5.74, 6) is 0. The molecular weight excluding hydrogens is 236 g/mol. The van der Waals surface area contributed by atoms with Crippen LogP contribution in [0.25, 0.3) is 0 Å². The fourth-order valence-corrected chi connectivity index (χ4v) is 2.56. The molecule has 2 aromatic rings. The molecule has 0 amide bonds. The number of rotatable bonds is 3. The summed E-state index contributed by atoms with van der Waals surface area (Å²) in [6, 6.07) is 8.54. The molecule has 0 unspecified atom stereocenters. The molecule has 1 N–H and O–H groups in total. The average molecular weight is 256 g/mol. The van der Waals surface area contributed by atoms with E-state index in [1.165, 1.54) is 16.9 Å². The number of aromatic nitrogens is 2. The Balaban J connectivity index is 1.83. The number of nitrogens with zero attached hydrogens (tertiary/aromatic N) is 3. The highest BCUT2D eigenvalue weighted by atomic mass is 15.3. The van der Waals surface area contributed by atoms with Crippen LogP contribution < -0.4 is 10.2 Å². The van der Waals surface area contributed by atoms with E-state index in [2.05, 4.69) is 52.7 Å². The van der Waals surface area contributed by atoms with Gasteiger partial charge in [0.05, 0.1) is 17.6 Å². The second-order valence-electron chi connectivity index (χ2n) is 4.92. The number of para-hydroxylation sites is 2. The van der Waals surface area contributed by atoms with Crippen molar-refractivity contribution < 1.29 is 0 Å². The lowest BCUT2D eigenvalue weighted by Gasteiger charge is -2.23. The largest absolute Gasteiger partial charge is 0.383 e. The number of anilines is 2. The normalized spacial score (nSPS) is 14.7. The average Bonchev–Trinajstić information content (AvgIpc) is 2.80. The Hall–Kier alpha value is -1.97. The minimum atomic E-state index is 0.929. The van der Waals surface area contributed by atoms with Crippen molar-refractivity contribution in [3.05, 3.63) is 42.2 Å². The van der Waals surface area contributed by atoms with E-state index in [0.29, 0.717) is 0 Å². The third kappa shape index (κ3) is 2.57. The van der Waals surface area contributed by atoms with Gasteiger partial charge in [-0.2, -0.15) is 5.10 Å². The van der Waals surface area contributed by atoms with Crippen molar-refractivity contribution in [1.29, 1.82) is 0 Å². The van der Waals surface area contributed by atoms with Gasteiger partial charge in [0.2, 0.25) is 0 Å². The molecule has 1 aliphatic heterocycles. The Kier molecular flexibility index (Phi) is 3.40. The van der Waals surface area contributed by atoms with Gasteiger partial charge in [0, 0.05) is 37.9 Å². The van der Waals surface area contributed by atoms with Crippen molar-refractivity contribution >= 4 is 11.4 Å². The Morgan fingerprint density at radius 1 is 1.32 bits per heavy atom. The topological polar surface area (TPSA) is 33.1 Å². The Bertz CT molecular complexity index is 547. The van der Waals surface area contributed by atoms with E-state index in [1.807, 2.05) is 10.9 Å². The highest BCUT2D eigenvalue weighted by Crippen LogP contribution is 2.29. The molecule has 4 nitrogen and oxygen atoms in total. The van der Waals surface area contributed by atoms with E-state index < -0.39 is 0 Å². The molecule has 1 aromatic heterocycles. The summed E-state index contributed by atoms with van der Waals surface area (Å²) in [7, 11) is 0. The molecule has 0 bridgehead atoms. The van der Waals surface area contributed by atoms with Crippen molar-refractivity contribution in [2.45, 2.75) is 26.4 Å². The van der Waals surface area contributed by atoms with Crippen LogP contribution in [-0.2, 0) is 13.1 Å². The summed E-state index contributed by atoms with van der Waals surface area (Å²) >= 11 is 0. The lowest BCUT2D eigenvalue weighted by Crippen LogP contribution is -2.23. The Morgan fingerprint density at radius 3 is 3.05 bits per heavy atom. The van der Waals surface area contributed by atoms with Gasteiger partial charge in [0.25, 0.3) is 0 Å². The monoisotopic (exact) mass is 256 g/mol. The molecule has 0 fully saturated rings. The molecule has 0 atom stereocenters. The second-order valence-corrected chi connectivity index (χ2v) is 4.92. The lowest BCUT2D eigenvalue weighted by atomic mass is 10.2. The van der Waals surface area contributed by atoms with Crippen LogP contribution >= 0.6 is 0 Å². The highest BCUT2D eigenvalue weighted by Gasteiger charge is 2.15. The van der Waals surface area contributed by atoms with Crippen LogP contribution in [-0.4, -0.2) is 22.9 Å². The van der Waals surface area contributed by atoms with E-state index in [4.69, 9.17) is 0 Å². The quantitative estimate of drug-likeness (QED) is 0.916. The number of aryl methyl sites for hydroxylation is 1. The van der Waals surface area contributed by atoms with Crippen molar-refractivity contribution in [3.63, 3.8) is 0 Å². The van der Waals surface area contributed by atoms with Gasteiger partial charge in [-0.3, -0.25) is 4.68 Å². The van der Waals surface area contributed by atoms with Crippen LogP contribution in [0.5, 0.6) is 0 Å². The van der Waals surface area contributed by atoms with Gasteiger partial charge >= 0.3 is 0 Å². The fraction of sp³-hybridized carbons (Fsp3) is 0.400. The molecule has 2 heterocycles. The molecule has 0 radical (unpaired) electrons. The maximum atomic E-state index is 4.35. The van der Waals surface area contributed by atoms with Crippen molar-refractivity contribution in [1.82, 2.24) is 9.78 Å². The number of benzene rings is 1. The zero-order valence-electron chi connectivity index (χ0n) is 11.3. The summed E-state index contributed by atoms with van der Waals surface area (Å²) in [4.78, 5) is 2.44. The van der Waals surface area contributed by atoms with E-state index in [-0.39, 0.29) is 0 Å². The number of hydrogen-bond acceptors (Lipinski definition) is 3. The fourth-order valence-electron chi connectivity index (χ4n) is 2.56. The Morgan fingerprint density at radius 2 is 2.21 bits per heavy atom. The van der Waals surface area contributed by atoms with Crippen LogP contribution in [0.3, 0.4) is 0 Å². The van der Waals surface area contributed by atoms with Gasteiger partial charge in [-0.15, -0.1) is 0 Å². The molecule has 0 aliphatic carbocycles. The smallest absolute Gasteiger partial charge is 0.0605 e. The summed E-state index contributed by atoms with van der Waals surface area (Å²) < 4.78 is 1.98. The standard InChI is InChI=1S/C15H20N4/c1-2-19-12-13(10-17-19)11-18-9-5-8-16-14-6-3-4-7-15(14)18/h3-4,6-7,10,12,16H,2,5,8-9,11H2,1H3. The molecular formula is C15H20N4. The van der Waals surface area contributed by atoms with E-state index in [9.17, 15) is 0 Å². The lowest BCUT2D eigenvalue weighted by molar-refractivity contribution is 0.658. The molecule has 1 aromatic carbocycles. The number of hydrogen-bond donors (Lipinski definition) is 1. The SMILES string of the molecule is CCn1cc(CN2CCCNc3ccccc32)cn1. The van der Waals surface area contributed by atoms with Gasteiger partial charge in [-0.25, -0.2) is 0 Å². The summed E-state index contributed by atoms with van der Waals surface area (Å²) in [6.07, 6.45) is 5.28. The third-order valence-electron chi connectivity index (χ3n) is 3.55. The van der Waals surface area contributed by atoms with Crippen molar-refractivity contribution in [2.24, 2.45) is 0 Å². The van der Waals surface area contributed by atoms with Crippen molar-refractivity contribution in [3.8, 4) is 0 Å². The first-order valence-electron chi connectivity index (χ1n) is 6.96. The van der Waals surface area contributed by atoms with Gasteiger partial charge in [-0.05, 0) is 25.5 Å². The predicted molar refractivity (Wildman–Crippen MR) is 78.5 cm³/mol. The van der Waals surface area contributed by atoms with Gasteiger partial charge < -0.3 is 10.2 Å². The van der Waals surface area contributed by atoms with Crippen molar-refractivity contribution in [2.75, 3.05) is 23.3 Å². The van der Waals surface area contributed by atoms with Crippen LogP contribution in [0.2, 0.25) is 0 Å². The van der Waals surface area contributed by atoms with Gasteiger partial charge in [-0.1, -0.05) is 12.1 Å². The first kappa shape index (κ1) is 12.1. The van der Waals surface area contributed by atoms with Gasteiger partial charge in [0.15, 0.2) is 0 Å². The van der Waals surface area contributed by atoms with Crippen LogP contribution in [0.15, 0.2) is 36.7 Å². The predicted octanol–water partition coefficient (Wildman–Crippen LogP) is 2.73. The maximum absolute atomic E-state index is 4.35. The molecule has 100 valence electrons. The van der Waals surface area contributed by atoms with Crippen LogP contribution in [0, 0.1) is 0 Å².